The van der Waals surface area contributed by atoms with Gasteiger partial charge >= 0.3 is 5.97 Å². The Morgan fingerprint density at radius 1 is 0.731 bits per heavy atom. The standard InChI is InChI=1S/C24H42O2/c1-3-5-19-10-13-21(14-11-19)23-17-16-22(26-24(23)25)15-12-20-8-6-18(4-2)7-9-20/h18-23H,3-17H2,1-2H3. The number of carbonyl (C=O) groups excluding carboxylic acids is 1. The number of hydrogen-bond donors (Lipinski definition) is 0. The molecule has 0 amide bonds. The molecule has 3 fully saturated rings. The molecule has 0 aromatic rings. The third kappa shape index (κ3) is 5.49. The number of ether oxygens (including phenoxy) is 1. The lowest BCUT2D eigenvalue weighted by atomic mass is 9.72. The maximum absolute atomic E-state index is 12.6. The minimum atomic E-state index is 0.148. The number of esters is 1. The fraction of sp³-hybridized carbons (Fsp3) is 0.958. The van der Waals surface area contributed by atoms with E-state index in [4.69, 9.17) is 4.74 Å². The molecule has 26 heavy (non-hydrogen) atoms. The Morgan fingerprint density at radius 2 is 1.35 bits per heavy atom. The molecule has 0 spiro atoms. The highest BCUT2D eigenvalue weighted by Crippen LogP contribution is 2.40. The van der Waals surface area contributed by atoms with Gasteiger partial charge in [0.2, 0.25) is 0 Å². The molecule has 1 heterocycles. The van der Waals surface area contributed by atoms with Gasteiger partial charge in [-0.2, -0.15) is 0 Å². The molecular weight excluding hydrogens is 320 g/mol. The van der Waals surface area contributed by atoms with E-state index < -0.39 is 0 Å². The summed E-state index contributed by atoms with van der Waals surface area (Å²) in [4.78, 5) is 12.6. The highest BCUT2D eigenvalue weighted by molar-refractivity contribution is 5.73. The van der Waals surface area contributed by atoms with Crippen LogP contribution in [-0.4, -0.2) is 12.1 Å². The van der Waals surface area contributed by atoms with Crippen LogP contribution in [0.25, 0.3) is 0 Å². The van der Waals surface area contributed by atoms with Crippen LogP contribution < -0.4 is 0 Å². The third-order valence-corrected chi connectivity index (χ3v) is 7.98. The average molecular weight is 363 g/mol. The van der Waals surface area contributed by atoms with Crippen molar-refractivity contribution in [2.45, 2.75) is 116 Å². The normalized spacial score (nSPS) is 38.8. The molecule has 1 aliphatic heterocycles. The van der Waals surface area contributed by atoms with Crippen molar-refractivity contribution in [3.05, 3.63) is 0 Å². The first-order valence-corrected chi connectivity index (χ1v) is 11.9. The van der Waals surface area contributed by atoms with Crippen LogP contribution in [0.5, 0.6) is 0 Å². The molecule has 0 aromatic carbocycles. The van der Waals surface area contributed by atoms with Crippen LogP contribution in [0.4, 0.5) is 0 Å². The van der Waals surface area contributed by atoms with Gasteiger partial charge in [0.25, 0.3) is 0 Å². The molecule has 2 heteroatoms. The highest BCUT2D eigenvalue weighted by atomic mass is 16.5. The Labute approximate surface area is 161 Å². The lowest BCUT2D eigenvalue weighted by Gasteiger charge is -2.37. The Balaban J connectivity index is 1.35. The van der Waals surface area contributed by atoms with Crippen molar-refractivity contribution < 1.29 is 9.53 Å². The van der Waals surface area contributed by atoms with Gasteiger partial charge in [-0.25, -0.2) is 0 Å². The van der Waals surface area contributed by atoms with Gasteiger partial charge in [-0.3, -0.25) is 4.79 Å². The lowest BCUT2D eigenvalue weighted by Crippen LogP contribution is -2.37. The third-order valence-electron chi connectivity index (χ3n) is 7.98. The van der Waals surface area contributed by atoms with Gasteiger partial charge in [-0.05, 0) is 62.2 Å². The minimum absolute atomic E-state index is 0.148. The first-order valence-electron chi connectivity index (χ1n) is 11.9. The number of carbonyl (C=O) groups is 1. The number of cyclic esters (lactones) is 1. The first kappa shape index (κ1) is 20.2. The fourth-order valence-electron chi connectivity index (χ4n) is 6.06. The quantitative estimate of drug-likeness (QED) is 0.460. The van der Waals surface area contributed by atoms with Gasteiger partial charge in [0.05, 0.1) is 5.92 Å². The van der Waals surface area contributed by atoms with Gasteiger partial charge in [0.15, 0.2) is 0 Å². The molecule has 0 bridgehead atoms. The van der Waals surface area contributed by atoms with E-state index in [2.05, 4.69) is 13.8 Å². The van der Waals surface area contributed by atoms with Crippen molar-refractivity contribution in [3.8, 4) is 0 Å². The Morgan fingerprint density at radius 3 is 1.96 bits per heavy atom. The molecule has 2 unspecified atom stereocenters. The van der Waals surface area contributed by atoms with Crippen molar-refractivity contribution in [2.75, 3.05) is 0 Å². The molecular formula is C24H42O2. The summed E-state index contributed by atoms with van der Waals surface area (Å²) in [6.07, 6.45) is 19.7. The molecule has 1 saturated heterocycles. The maximum Gasteiger partial charge on any atom is 0.309 e. The van der Waals surface area contributed by atoms with E-state index in [1.165, 1.54) is 77.0 Å². The smallest absolute Gasteiger partial charge is 0.309 e. The van der Waals surface area contributed by atoms with Crippen LogP contribution in [0, 0.1) is 29.6 Å². The van der Waals surface area contributed by atoms with Crippen molar-refractivity contribution >= 4 is 5.97 Å². The van der Waals surface area contributed by atoms with E-state index >= 15 is 0 Å². The molecule has 3 rings (SSSR count). The molecule has 2 atom stereocenters. The van der Waals surface area contributed by atoms with Crippen LogP contribution in [0.1, 0.15) is 110 Å². The molecule has 2 nitrogen and oxygen atoms in total. The van der Waals surface area contributed by atoms with E-state index in [0.29, 0.717) is 5.92 Å². The van der Waals surface area contributed by atoms with E-state index in [-0.39, 0.29) is 18.0 Å². The molecule has 150 valence electrons. The van der Waals surface area contributed by atoms with E-state index in [1.54, 1.807) is 0 Å². The Hall–Kier alpha value is -0.530. The summed E-state index contributed by atoms with van der Waals surface area (Å²) in [7, 11) is 0. The SMILES string of the molecule is CCCC1CCC(C2CCC(CCC3CCC(CC)CC3)OC2=O)CC1. The summed E-state index contributed by atoms with van der Waals surface area (Å²) in [5.74, 6) is 3.77. The maximum atomic E-state index is 12.6. The van der Waals surface area contributed by atoms with Gasteiger partial charge in [-0.15, -0.1) is 0 Å². The fourth-order valence-corrected chi connectivity index (χ4v) is 6.06. The summed E-state index contributed by atoms with van der Waals surface area (Å²) in [6, 6.07) is 0. The van der Waals surface area contributed by atoms with Gasteiger partial charge in [-0.1, -0.05) is 71.6 Å². The zero-order valence-electron chi connectivity index (χ0n) is 17.4. The highest BCUT2D eigenvalue weighted by Gasteiger charge is 2.37. The molecule has 0 radical (unpaired) electrons. The predicted molar refractivity (Wildman–Crippen MR) is 108 cm³/mol. The van der Waals surface area contributed by atoms with E-state index in [9.17, 15) is 4.79 Å². The second-order valence-electron chi connectivity index (χ2n) is 9.68. The van der Waals surface area contributed by atoms with Crippen molar-refractivity contribution in [2.24, 2.45) is 29.6 Å². The second kappa shape index (κ2) is 10.1. The van der Waals surface area contributed by atoms with Crippen LogP contribution in [-0.2, 0) is 9.53 Å². The monoisotopic (exact) mass is 362 g/mol. The minimum Gasteiger partial charge on any atom is -0.462 e. The zero-order chi connectivity index (χ0) is 18.4. The summed E-state index contributed by atoms with van der Waals surface area (Å²) >= 11 is 0. The molecule has 0 aromatic heterocycles. The molecule has 3 aliphatic rings. The Kier molecular flexibility index (Phi) is 7.88. The van der Waals surface area contributed by atoms with Crippen molar-refractivity contribution in [3.63, 3.8) is 0 Å². The summed E-state index contributed by atoms with van der Waals surface area (Å²) in [5.41, 5.74) is 0. The van der Waals surface area contributed by atoms with Gasteiger partial charge in [0.1, 0.15) is 6.10 Å². The van der Waals surface area contributed by atoms with Gasteiger partial charge in [0, 0.05) is 0 Å². The summed E-state index contributed by atoms with van der Waals surface area (Å²) < 4.78 is 5.92. The second-order valence-corrected chi connectivity index (χ2v) is 9.68. The first-order chi connectivity index (χ1) is 12.7. The van der Waals surface area contributed by atoms with Gasteiger partial charge < -0.3 is 4.74 Å². The lowest BCUT2D eigenvalue weighted by molar-refractivity contribution is -0.164. The zero-order valence-corrected chi connectivity index (χ0v) is 17.4. The molecule has 2 aliphatic carbocycles. The van der Waals surface area contributed by atoms with Crippen LogP contribution in [0.3, 0.4) is 0 Å². The largest absolute Gasteiger partial charge is 0.462 e. The van der Waals surface area contributed by atoms with E-state index in [1.807, 2.05) is 0 Å². The number of rotatable bonds is 7. The summed E-state index contributed by atoms with van der Waals surface area (Å²) in [6.45, 7) is 4.62. The van der Waals surface area contributed by atoms with Crippen molar-refractivity contribution in [1.29, 1.82) is 0 Å². The molecule has 2 saturated carbocycles. The summed E-state index contributed by atoms with van der Waals surface area (Å²) in [5, 5.41) is 0. The number of hydrogen-bond acceptors (Lipinski definition) is 2. The predicted octanol–water partition coefficient (Wildman–Crippen LogP) is 6.91. The molecule has 0 N–H and O–H groups in total. The van der Waals surface area contributed by atoms with E-state index in [0.717, 1.165) is 37.0 Å². The average Bonchev–Trinajstić information content (AvgIpc) is 2.68. The Bertz CT molecular complexity index is 416. The van der Waals surface area contributed by atoms with Crippen molar-refractivity contribution in [1.82, 2.24) is 0 Å². The van der Waals surface area contributed by atoms with Crippen LogP contribution >= 0.6 is 0 Å². The topological polar surface area (TPSA) is 26.3 Å². The van der Waals surface area contributed by atoms with Crippen LogP contribution in [0.2, 0.25) is 0 Å². The van der Waals surface area contributed by atoms with Crippen LogP contribution in [0.15, 0.2) is 0 Å².